The van der Waals surface area contributed by atoms with Crippen LogP contribution < -0.4 is 10.1 Å². The van der Waals surface area contributed by atoms with Crippen molar-refractivity contribution in [2.75, 3.05) is 11.9 Å². The zero-order valence-electron chi connectivity index (χ0n) is 11.7. The molecule has 0 aromatic heterocycles. The minimum Gasteiger partial charge on any atom is -0.483 e. The van der Waals surface area contributed by atoms with Gasteiger partial charge >= 0.3 is 0 Å². The predicted molar refractivity (Wildman–Crippen MR) is 83.4 cm³/mol. The highest BCUT2D eigenvalue weighted by atomic mass is 35.5. The molecule has 0 heterocycles. The van der Waals surface area contributed by atoms with Gasteiger partial charge in [-0.25, -0.2) is 0 Å². The molecule has 0 fully saturated rings. The third-order valence-corrected chi connectivity index (χ3v) is 3.11. The SMILES string of the molecule is Cc1cc([N+](=O)[O-])ccc1OCC(=O)Nc1ccc(Cl)cc1. The van der Waals surface area contributed by atoms with Gasteiger partial charge in [0.25, 0.3) is 11.6 Å². The van der Waals surface area contributed by atoms with Crippen LogP contribution in [0.3, 0.4) is 0 Å². The first-order valence-corrected chi connectivity index (χ1v) is 6.77. The number of aryl methyl sites for hydroxylation is 1. The summed E-state index contributed by atoms with van der Waals surface area (Å²) < 4.78 is 5.37. The number of halogens is 1. The lowest BCUT2D eigenvalue weighted by molar-refractivity contribution is -0.384. The van der Waals surface area contributed by atoms with Crippen LogP contribution in [0.5, 0.6) is 5.75 Å². The van der Waals surface area contributed by atoms with Crippen LogP contribution in [0, 0.1) is 17.0 Å². The summed E-state index contributed by atoms with van der Waals surface area (Å²) in [6, 6.07) is 10.9. The van der Waals surface area contributed by atoms with Gasteiger partial charge in [0.15, 0.2) is 6.61 Å². The Hall–Kier alpha value is -2.60. The number of amides is 1. The van der Waals surface area contributed by atoms with Gasteiger partial charge in [-0.15, -0.1) is 0 Å². The quantitative estimate of drug-likeness (QED) is 0.674. The van der Waals surface area contributed by atoms with E-state index in [-0.39, 0.29) is 18.2 Å². The van der Waals surface area contributed by atoms with Crippen LogP contribution in [-0.4, -0.2) is 17.4 Å². The molecule has 0 atom stereocenters. The topological polar surface area (TPSA) is 81.5 Å². The van der Waals surface area contributed by atoms with Crippen LogP contribution in [0.4, 0.5) is 11.4 Å². The van der Waals surface area contributed by atoms with E-state index in [0.29, 0.717) is 22.0 Å². The fourth-order valence-corrected chi connectivity index (χ4v) is 1.91. The molecule has 2 aromatic rings. The third kappa shape index (κ3) is 4.20. The molecular formula is C15H13ClN2O4. The molecule has 114 valence electrons. The molecule has 0 aliphatic carbocycles. The minimum absolute atomic E-state index is 0.0181. The second-order valence-corrected chi connectivity index (χ2v) is 4.99. The summed E-state index contributed by atoms with van der Waals surface area (Å²) >= 11 is 5.76. The largest absolute Gasteiger partial charge is 0.483 e. The number of nitro benzene ring substituents is 1. The van der Waals surface area contributed by atoms with Crippen molar-refractivity contribution in [3.8, 4) is 5.75 Å². The molecule has 6 nitrogen and oxygen atoms in total. The maximum atomic E-state index is 11.8. The number of carbonyl (C=O) groups is 1. The highest BCUT2D eigenvalue weighted by Gasteiger charge is 2.10. The molecule has 2 rings (SSSR count). The number of carbonyl (C=O) groups excluding carboxylic acids is 1. The van der Waals surface area contributed by atoms with Gasteiger partial charge in [0.1, 0.15) is 5.75 Å². The average molecular weight is 321 g/mol. The summed E-state index contributed by atoms with van der Waals surface area (Å²) in [6.45, 7) is 1.49. The summed E-state index contributed by atoms with van der Waals surface area (Å²) in [7, 11) is 0. The maximum absolute atomic E-state index is 11.8. The number of benzene rings is 2. The number of nitro groups is 1. The number of nitrogens with zero attached hydrogens (tertiary/aromatic N) is 1. The molecule has 1 N–H and O–H groups in total. The lowest BCUT2D eigenvalue weighted by atomic mass is 10.2. The number of hydrogen-bond acceptors (Lipinski definition) is 4. The lowest BCUT2D eigenvalue weighted by Gasteiger charge is -2.09. The van der Waals surface area contributed by atoms with E-state index in [1.807, 2.05) is 0 Å². The van der Waals surface area contributed by atoms with Gasteiger partial charge in [-0.1, -0.05) is 11.6 Å². The van der Waals surface area contributed by atoms with E-state index in [0.717, 1.165) is 0 Å². The second-order valence-electron chi connectivity index (χ2n) is 4.55. The molecule has 1 amide bonds. The average Bonchev–Trinajstić information content (AvgIpc) is 2.48. The molecule has 0 saturated heterocycles. The van der Waals surface area contributed by atoms with Gasteiger partial charge < -0.3 is 10.1 Å². The fourth-order valence-electron chi connectivity index (χ4n) is 1.78. The van der Waals surface area contributed by atoms with E-state index in [1.165, 1.54) is 18.2 Å². The number of nitrogens with one attached hydrogen (secondary N) is 1. The van der Waals surface area contributed by atoms with Crippen LogP contribution >= 0.6 is 11.6 Å². The maximum Gasteiger partial charge on any atom is 0.269 e. The van der Waals surface area contributed by atoms with E-state index < -0.39 is 4.92 Å². The van der Waals surface area contributed by atoms with Gasteiger partial charge in [0, 0.05) is 22.8 Å². The first kappa shape index (κ1) is 15.8. The fraction of sp³-hybridized carbons (Fsp3) is 0.133. The number of hydrogen-bond donors (Lipinski definition) is 1. The highest BCUT2D eigenvalue weighted by Crippen LogP contribution is 2.23. The van der Waals surface area contributed by atoms with Gasteiger partial charge in [-0.3, -0.25) is 14.9 Å². The molecule has 0 bridgehead atoms. The summed E-state index contributed by atoms with van der Waals surface area (Å²) in [5, 5.41) is 13.9. The summed E-state index contributed by atoms with van der Waals surface area (Å²) in [4.78, 5) is 21.9. The number of anilines is 1. The predicted octanol–water partition coefficient (Wildman–Crippen LogP) is 3.57. The Kier molecular flexibility index (Phi) is 4.95. The van der Waals surface area contributed by atoms with E-state index in [9.17, 15) is 14.9 Å². The molecule has 0 saturated carbocycles. The van der Waals surface area contributed by atoms with Gasteiger partial charge in [-0.2, -0.15) is 0 Å². The Balaban J connectivity index is 1.93. The summed E-state index contributed by atoms with van der Waals surface area (Å²) in [5.41, 5.74) is 1.18. The lowest BCUT2D eigenvalue weighted by Crippen LogP contribution is -2.20. The Bertz CT molecular complexity index is 701. The summed E-state index contributed by atoms with van der Waals surface area (Å²) in [6.07, 6.45) is 0. The van der Waals surface area contributed by atoms with Gasteiger partial charge in [-0.05, 0) is 42.8 Å². The summed E-state index contributed by atoms with van der Waals surface area (Å²) in [5.74, 6) is 0.0944. The first-order chi connectivity index (χ1) is 10.5. The van der Waals surface area contributed by atoms with Crippen molar-refractivity contribution in [1.82, 2.24) is 0 Å². The highest BCUT2D eigenvalue weighted by molar-refractivity contribution is 6.30. The molecule has 0 aliphatic rings. The molecule has 2 aromatic carbocycles. The molecule has 0 unspecified atom stereocenters. The normalized spacial score (nSPS) is 10.1. The third-order valence-electron chi connectivity index (χ3n) is 2.86. The Morgan fingerprint density at radius 2 is 1.95 bits per heavy atom. The number of ether oxygens (including phenoxy) is 1. The smallest absolute Gasteiger partial charge is 0.269 e. The number of non-ortho nitro benzene ring substituents is 1. The Morgan fingerprint density at radius 1 is 1.27 bits per heavy atom. The van der Waals surface area contributed by atoms with Crippen LogP contribution in [0.1, 0.15) is 5.56 Å². The molecule has 7 heteroatoms. The molecule has 0 radical (unpaired) electrons. The van der Waals surface area contributed by atoms with E-state index in [1.54, 1.807) is 31.2 Å². The zero-order valence-corrected chi connectivity index (χ0v) is 12.5. The molecule has 0 spiro atoms. The minimum atomic E-state index is -0.482. The van der Waals surface area contributed by atoms with Crippen molar-refractivity contribution in [2.24, 2.45) is 0 Å². The molecule has 22 heavy (non-hydrogen) atoms. The van der Waals surface area contributed by atoms with E-state index >= 15 is 0 Å². The van der Waals surface area contributed by atoms with Crippen molar-refractivity contribution in [3.05, 3.63) is 63.2 Å². The van der Waals surface area contributed by atoms with Gasteiger partial charge in [0.2, 0.25) is 0 Å². The Morgan fingerprint density at radius 3 is 2.55 bits per heavy atom. The molecule has 0 aliphatic heterocycles. The van der Waals surface area contributed by atoms with Crippen LogP contribution in [0.25, 0.3) is 0 Å². The Labute approximate surface area is 131 Å². The standard InChI is InChI=1S/C15H13ClN2O4/c1-10-8-13(18(20)21)6-7-14(10)22-9-15(19)17-12-4-2-11(16)3-5-12/h2-8H,9H2,1H3,(H,17,19). The first-order valence-electron chi connectivity index (χ1n) is 6.39. The van der Waals surface area contributed by atoms with Crippen molar-refractivity contribution < 1.29 is 14.5 Å². The van der Waals surface area contributed by atoms with Gasteiger partial charge in [0.05, 0.1) is 4.92 Å². The zero-order chi connectivity index (χ0) is 16.1. The van der Waals surface area contributed by atoms with Crippen LogP contribution in [0.2, 0.25) is 5.02 Å². The van der Waals surface area contributed by atoms with E-state index in [4.69, 9.17) is 16.3 Å². The monoisotopic (exact) mass is 320 g/mol. The van der Waals surface area contributed by atoms with Crippen LogP contribution in [-0.2, 0) is 4.79 Å². The molecular weight excluding hydrogens is 308 g/mol. The number of rotatable bonds is 5. The van der Waals surface area contributed by atoms with Crippen molar-refractivity contribution in [2.45, 2.75) is 6.92 Å². The van der Waals surface area contributed by atoms with E-state index in [2.05, 4.69) is 5.32 Å². The van der Waals surface area contributed by atoms with Crippen molar-refractivity contribution >= 4 is 28.9 Å². The second kappa shape index (κ2) is 6.91. The van der Waals surface area contributed by atoms with Crippen molar-refractivity contribution in [1.29, 1.82) is 0 Å². The van der Waals surface area contributed by atoms with Crippen molar-refractivity contribution in [3.63, 3.8) is 0 Å². The van der Waals surface area contributed by atoms with Crippen LogP contribution in [0.15, 0.2) is 42.5 Å².